The summed E-state index contributed by atoms with van der Waals surface area (Å²) in [5.41, 5.74) is 1.34. The molecule has 0 aliphatic heterocycles. The normalized spacial score (nSPS) is 10.7. The monoisotopic (exact) mass is 226 g/mol. The number of halogens is 1. The summed E-state index contributed by atoms with van der Waals surface area (Å²) >= 11 is 5.31. The lowest BCUT2D eigenvalue weighted by Crippen LogP contribution is -1.73. The molecule has 0 N–H and O–H groups in total. The first kappa shape index (κ1) is 7.32. The van der Waals surface area contributed by atoms with Crippen molar-refractivity contribution in [1.29, 1.82) is 0 Å². The predicted molar refractivity (Wildman–Crippen MR) is 54.3 cm³/mol. The average molecular weight is 227 g/mol. The van der Waals surface area contributed by atoms with Crippen molar-refractivity contribution in [2.45, 2.75) is 6.92 Å². The van der Waals surface area contributed by atoms with Crippen molar-refractivity contribution in [2.75, 3.05) is 0 Å². The lowest BCUT2D eigenvalue weighted by atomic mass is 10.2. The Bertz CT molecular complexity index is 389. The van der Waals surface area contributed by atoms with E-state index in [0.717, 1.165) is 0 Å². The van der Waals surface area contributed by atoms with E-state index in [2.05, 4.69) is 46.4 Å². The molecule has 0 spiro atoms. The van der Waals surface area contributed by atoms with Crippen molar-refractivity contribution < 1.29 is 0 Å². The van der Waals surface area contributed by atoms with Crippen LogP contribution < -0.4 is 0 Å². The van der Waals surface area contributed by atoms with Crippen LogP contribution in [0.25, 0.3) is 10.1 Å². The van der Waals surface area contributed by atoms with Crippen molar-refractivity contribution in [3.63, 3.8) is 0 Å². The van der Waals surface area contributed by atoms with Crippen LogP contribution in [0.4, 0.5) is 0 Å². The van der Waals surface area contributed by atoms with Gasteiger partial charge in [0.15, 0.2) is 0 Å². The maximum atomic E-state index is 3.51. The summed E-state index contributed by atoms with van der Waals surface area (Å²) in [5.74, 6) is 0. The van der Waals surface area contributed by atoms with Gasteiger partial charge in [0.1, 0.15) is 0 Å². The van der Waals surface area contributed by atoms with Crippen LogP contribution in [-0.4, -0.2) is 0 Å². The smallest absolute Gasteiger partial charge is 0.0383 e. The van der Waals surface area contributed by atoms with E-state index >= 15 is 0 Å². The second kappa shape index (κ2) is 2.61. The largest absolute Gasteiger partial charge is 0.143 e. The number of rotatable bonds is 0. The van der Waals surface area contributed by atoms with Crippen LogP contribution in [0.15, 0.2) is 28.1 Å². The molecule has 2 rings (SSSR count). The molecule has 1 heterocycles. The number of fused-ring (bicyclic) bond motifs is 1. The zero-order valence-corrected chi connectivity index (χ0v) is 8.50. The number of hydrogen-bond acceptors (Lipinski definition) is 1. The van der Waals surface area contributed by atoms with Crippen LogP contribution >= 0.6 is 27.3 Å². The number of thiophene rings is 1. The maximum Gasteiger partial charge on any atom is 0.0383 e. The molecule has 1 aromatic carbocycles. The standard InChI is InChI=1S/C9H7BrS/c1-6-8(10)3-2-7-4-5-11-9(6)7/h2-5H,1H3. The van der Waals surface area contributed by atoms with Crippen LogP contribution in [0.3, 0.4) is 0 Å². The third-order valence-corrected chi connectivity index (χ3v) is 3.71. The Kier molecular flexibility index (Phi) is 1.74. The van der Waals surface area contributed by atoms with Crippen LogP contribution in [0.2, 0.25) is 0 Å². The first-order chi connectivity index (χ1) is 5.29. The molecule has 0 amide bonds. The topological polar surface area (TPSA) is 0 Å². The Labute approximate surface area is 78.0 Å². The summed E-state index contributed by atoms with van der Waals surface area (Å²) in [6.45, 7) is 2.14. The molecular weight excluding hydrogens is 220 g/mol. The number of aryl methyl sites for hydroxylation is 1. The SMILES string of the molecule is Cc1c(Br)ccc2ccsc12. The Morgan fingerprint density at radius 1 is 1.27 bits per heavy atom. The lowest BCUT2D eigenvalue weighted by Gasteiger charge is -1.97. The van der Waals surface area contributed by atoms with Crippen molar-refractivity contribution in [2.24, 2.45) is 0 Å². The van der Waals surface area contributed by atoms with Crippen LogP contribution in [0.5, 0.6) is 0 Å². The van der Waals surface area contributed by atoms with Gasteiger partial charge in [0.25, 0.3) is 0 Å². The molecule has 11 heavy (non-hydrogen) atoms. The molecule has 0 unspecified atom stereocenters. The van der Waals surface area contributed by atoms with Crippen LogP contribution in [0.1, 0.15) is 5.56 Å². The van der Waals surface area contributed by atoms with E-state index in [1.807, 2.05) is 0 Å². The van der Waals surface area contributed by atoms with E-state index in [0.29, 0.717) is 0 Å². The summed E-state index contributed by atoms with van der Waals surface area (Å²) in [7, 11) is 0. The van der Waals surface area contributed by atoms with Gasteiger partial charge in [-0.05, 0) is 35.4 Å². The Balaban J connectivity index is 2.93. The molecule has 2 aromatic rings. The van der Waals surface area contributed by atoms with Gasteiger partial charge in [0.05, 0.1) is 0 Å². The average Bonchev–Trinajstić information content (AvgIpc) is 2.45. The highest BCUT2D eigenvalue weighted by atomic mass is 79.9. The fourth-order valence-corrected chi connectivity index (χ4v) is 2.52. The quantitative estimate of drug-likeness (QED) is 0.638. The minimum absolute atomic E-state index is 1.20. The molecule has 0 saturated heterocycles. The second-order valence-electron chi connectivity index (χ2n) is 2.51. The Hall–Kier alpha value is -0.340. The van der Waals surface area contributed by atoms with Gasteiger partial charge in [-0.15, -0.1) is 11.3 Å². The van der Waals surface area contributed by atoms with E-state index < -0.39 is 0 Å². The molecule has 0 atom stereocenters. The molecule has 0 radical (unpaired) electrons. The summed E-state index contributed by atoms with van der Waals surface area (Å²) in [5, 5.41) is 3.47. The first-order valence-corrected chi connectivity index (χ1v) is 5.08. The second-order valence-corrected chi connectivity index (χ2v) is 4.28. The molecule has 0 bridgehead atoms. The van der Waals surface area contributed by atoms with Gasteiger partial charge in [-0.3, -0.25) is 0 Å². The van der Waals surface area contributed by atoms with E-state index in [9.17, 15) is 0 Å². The minimum Gasteiger partial charge on any atom is -0.143 e. The van der Waals surface area contributed by atoms with E-state index in [-0.39, 0.29) is 0 Å². The van der Waals surface area contributed by atoms with Gasteiger partial charge in [-0.25, -0.2) is 0 Å². The van der Waals surface area contributed by atoms with Crippen molar-refractivity contribution in [3.05, 3.63) is 33.6 Å². The summed E-state index contributed by atoms with van der Waals surface area (Å²) in [6, 6.07) is 6.40. The van der Waals surface area contributed by atoms with Crippen molar-refractivity contribution in [1.82, 2.24) is 0 Å². The Morgan fingerprint density at radius 2 is 2.09 bits per heavy atom. The van der Waals surface area contributed by atoms with Gasteiger partial charge < -0.3 is 0 Å². The van der Waals surface area contributed by atoms with Crippen LogP contribution in [-0.2, 0) is 0 Å². The minimum atomic E-state index is 1.20. The van der Waals surface area contributed by atoms with E-state index in [1.165, 1.54) is 20.1 Å². The maximum absolute atomic E-state index is 3.51. The van der Waals surface area contributed by atoms with E-state index in [4.69, 9.17) is 0 Å². The zero-order valence-electron chi connectivity index (χ0n) is 6.10. The van der Waals surface area contributed by atoms with Crippen LogP contribution in [0, 0.1) is 6.92 Å². The lowest BCUT2D eigenvalue weighted by molar-refractivity contribution is 1.51. The molecule has 56 valence electrons. The molecule has 2 heteroatoms. The van der Waals surface area contributed by atoms with Crippen molar-refractivity contribution in [3.8, 4) is 0 Å². The zero-order chi connectivity index (χ0) is 7.84. The molecule has 0 nitrogen and oxygen atoms in total. The third-order valence-electron chi connectivity index (χ3n) is 1.80. The highest BCUT2D eigenvalue weighted by Crippen LogP contribution is 2.29. The molecular formula is C9H7BrS. The van der Waals surface area contributed by atoms with Gasteiger partial charge in [0.2, 0.25) is 0 Å². The molecule has 0 fully saturated rings. The highest BCUT2D eigenvalue weighted by molar-refractivity contribution is 9.10. The summed E-state index contributed by atoms with van der Waals surface area (Å²) < 4.78 is 2.59. The van der Waals surface area contributed by atoms with Gasteiger partial charge in [-0.2, -0.15) is 0 Å². The Morgan fingerprint density at radius 3 is 2.91 bits per heavy atom. The van der Waals surface area contributed by atoms with Crippen molar-refractivity contribution >= 4 is 37.4 Å². The third kappa shape index (κ3) is 1.10. The number of hydrogen-bond donors (Lipinski definition) is 0. The molecule has 0 aliphatic rings. The summed E-state index contributed by atoms with van der Waals surface area (Å²) in [6.07, 6.45) is 0. The molecule has 0 saturated carbocycles. The predicted octanol–water partition coefficient (Wildman–Crippen LogP) is 3.97. The summed E-state index contributed by atoms with van der Waals surface area (Å²) in [4.78, 5) is 0. The fraction of sp³-hybridized carbons (Fsp3) is 0.111. The number of benzene rings is 1. The first-order valence-electron chi connectivity index (χ1n) is 3.41. The van der Waals surface area contributed by atoms with E-state index in [1.54, 1.807) is 11.3 Å². The van der Waals surface area contributed by atoms with Gasteiger partial charge >= 0.3 is 0 Å². The van der Waals surface area contributed by atoms with Gasteiger partial charge in [-0.1, -0.05) is 22.0 Å². The molecule has 1 aromatic heterocycles. The molecule has 0 aliphatic carbocycles. The van der Waals surface area contributed by atoms with Gasteiger partial charge in [0, 0.05) is 9.17 Å². The fourth-order valence-electron chi connectivity index (χ4n) is 1.15. The highest BCUT2D eigenvalue weighted by Gasteiger charge is 2.00.